The predicted molar refractivity (Wildman–Crippen MR) is 77.9 cm³/mol. The highest BCUT2D eigenvalue weighted by Crippen LogP contribution is 2.11. The Kier molecular flexibility index (Phi) is 6.46. The maximum absolute atomic E-state index is 13.4. The molecule has 8 heteroatoms. The number of carbonyl (C=O) groups is 3. The van der Waals surface area contributed by atoms with Crippen molar-refractivity contribution in [3.63, 3.8) is 0 Å². The monoisotopic (exact) mass is 311 g/mol. The van der Waals surface area contributed by atoms with Gasteiger partial charge in [-0.1, -0.05) is 12.1 Å². The number of nitrogens with one attached hydrogen (secondary N) is 2. The third-order valence-electron chi connectivity index (χ3n) is 3.08. The van der Waals surface area contributed by atoms with Crippen molar-refractivity contribution in [1.29, 1.82) is 0 Å². The van der Waals surface area contributed by atoms with E-state index in [1.807, 2.05) is 0 Å². The number of amides is 3. The Labute approximate surface area is 127 Å². The number of nitrogens with zero attached hydrogens (tertiary/aromatic N) is 1. The maximum Gasteiger partial charge on any atom is 0.326 e. The van der Waals surface area contributed by atoms with E-state index >= 15 is 0 Å². The molecule has 7 nitrogen and oxygen atoms in total. The Morgan fingerprint density at radius 1 is 1.32 bits per heavy atom. The van der Waals surface area contributed by atoms with Crippen molar-refractivity contribution in [1.82, 2.24) is 10.2 Å². The van der Waals surface area contributed by atoms with E-state index in [0.717, 1.165) is 0 Å². The lowest BCUT2D eigenvalue weighted by molar-refractivity contribution is -0.138. The van der Waals surface area contributed by atoms with Gasteiger partial charge in [-0.15, -0.1) is 0 Å². The first-order chi connectivity index (χ1) is 10.3. The molecule has 0 spiro atoms. The Morgan fingerprint density at radius 3 is 2.55 bits per heavy atom. The molecule has 0 aliphatic heterocycles. The van der Waals surface area contributed by atoms with Crippen molar-refractivity contribution in [2.24, 2.45) is 0 Å². The highest BCUT2D eigenvalue weighted by atomic mass is 19.1. The zero-order valence-electron chi connectivity index (χ0n) is 12.3. The van der Waals surface area contributed by atoms with Gasteiger partial charge in [0.2, 0.25) is 5.91 Å². The number of carbonyl (C=O) groups excluding carboxylic acids is 2. The molecule has 3 amide bonds. The molecule has 0 aliphatic rings. The molecular formula is C14H18FN3O4. The number of aliphatic carboxylic acids is 1. The first-order valence-electron chi connectivity index (χ1n) is 6.59. The Hall–Kier alpha value is -2.48. The van der Waals surface area contributed by atoms with E-state index in [1.54, 1.807) is 13.1 Å². The molecule has 1 rings (SSSR count). The molecule has 0 aliphatic carbocycles. The van der Waals surface area contributed by atoms with E-state index in [2.05, 4.69) is 10.6 Å². The van der Waals surface area contributed by atoms with Gasteiger partial charge in [-0.05, 0) is 26.1 Å². The normalized spacial score (nSPS) is 11.8. The SMILES string of the molecule is CC(C(=O)NC(=O)Nc1ccccc1F)N(C)CCC(=O)O. The minimum absolute atomic E-state index is 0.0420. The van der Waals surface area contributed by atoms with Crippen molar-refractivity contribution >= 4 is 23.6 Å². The van der Waals surface area contributed by atoms with Gasteiger partial charge in [0.15, 0.2) is 0 Å². The van der Waals surface area contributed by atoms with E-state index in [9.17, 15) is 18.8 Å². The van der Waals surface area contributed by atoms with E-state index in [-0.39, 0.29) is 18.7 Å². The van der Waals surface area contributed by atoms with Crippen LogP contribution in [0.2, 0.25) is 0 Å². The lowest BCUT2D eigenvalue weighted by Gasteiger charge is -2.22. The van der Waals surface area contributed by atoms with Crippen LogP contribution >= 0.6 is 0 Å². The van der Waals surface area contributed by atoms with Gasteiger partial charge in [0, 0.05) is 6.54 Å². The molecule has 0 aromatic heterocycles. The molecule has 1 atom stereocenters. The van der Waals surface area contributed by atoms with Crippen LogP contribution in [0.15, 0.2) is 24.3 Å². The lowest BCUT2D eigenvalue weighted by Crippen LogP contribution is -2.47. The van der Waals surface area contributed by atoms with Gasteiger partial charge >= 0.3 is 12.0 Å². The van der Waals surface area contributed by atoms with Crippen LogP contribution < -0.4 is 10.6 Å². The molecule has 1 unspecified atom stereocenters. The summed E-state index contributed by atoms with van der Waals surface area (Å²) in [5.74, 6) is -2.20. The second kappa shape index (κ2) is 8.08. The minimum Gasteiger partial charge on any atom is -0.481 e. The van der Waals surface area contributed by atoms with Crippen molar-refractivity contribution in [3.8, 4) is 0 Å². The van der Waals surface area contributed by atoms with Crippen LogP contribution in [0.4, 0.5) is 14.9 Å². The summed E-state index contributed by atoms with van der Waals surface area (Å²) in [6.07, 6.45) is -0.116. The lowest BCUT2D eigenvalue weighted by atomic mass is 10.2. The number of likely N-dealkylation sites (N-methyl/N-ethyl adjacent to an activating group) is 1. The van der Waals surface area contributed by atoms with Gasteiger partial charge in [0.1, 0.15) is 5.82 Å². The average molecular weight is 311 g/mol. The van der Waals surface area contributed by atoms with E-state index in [0.29, 0.717) is 0 Å². The van der Waals surface area contributed by atoms with Crippen molar-refractivity contribution in [2.75, 3.05) is 18.9 Å². The largest absolute Gasteiger partial charge is 0.481 e. The first kappa shape index (κ1) is 17.6. The minimum atomic E-state index is -0.975. The highest BCUT2D eigenvalue weighted by Gasteiger charge is 2.20. The number of carboxylic acids is 1. The van der Waals surface area contributed by atoms with Crippen LogP contribution in [0.5, 0.6) is 0 Å². The molecule has 120 valence electrons. The molecule has 22 heavy (non-hydrogen) atoms. The van der Waals surface area contributed by atoms with Gasteiger partial charge in [-0.25, -0.2) is 9.18 Å². The highest BCUT2D eigenvalue weighted by molar-refractivity contribution is 6.02. The van der Waals surface area contributed by atoms with E-state index < -0.39 is 29.8 Å². The van der Waals surface area contributed by atoms with E-state index in [1.165, 1.54) is 30.0 Å². The molecule has 0 fully saturated rings. The number of imide groups is 1. The number of rotatable bonds is 6. The molecule has 0 radical (unpaired) electrons. The quantitative estimate of drug-likeness (QED) is 0.735. The topological polar surface area (TPSA) is 98.7 Å². The van der Waals surface area contributed by atoms with Gasteiger partial charge in [-0.3, -0.25) is 19.8 Å². The maximum atomic E-state index is 13.4. The second-order valence-electron chi connectivity index (χ2n) is 4.72. The molecule has 1 aromatic rings. The second-order valence-corrected chi connectivity index (χ2v) is 4.72. The molecule has 0 bridgehead atoms. The average Bonchev–Trinajstić information content (AvgIpc) is 2.46. The number of hydrogen-bond donors (Lipinski definition) is 3. The number of halogens is 1. The summed E-state index contributed by atoms with van der Waals surface area (Å²) in [6.45, 7) is 1.70. The zero-order chi connectivity index (χ0) is 16.7. The third kappa shape index (κ3) is 5.49. The summed E-state index contributed by atoms with van der Waals surface area (Å²) in [5.41, 5.74) is -0.0420. The van der Waals surface area contributed by atoms with Gasteiger partial charge < -0.3 is 10.4 Å². The number of para-hydroxylation sites is 1. The molecule has 3 N–H and O–H groups in total. The van der Waals surface area contributed by atoms with Gasteiger partial charge in [0.05, 0.1) is 18.2 Å². The van der Waals surface area contributed by atoms with Gasteiger partial charge in [-0.2, -0.15) is 0 Å². The molecule has 0 heterocycles. The summed E-state index contributed by atoms with van der Waals surface area (Å²) >= 11 is 0. The molecule has 1 aromatic carbocycles. The fourth-order valence-corrected chi connectivity index (χ4v) is 1.60. The van der Waals surface area contributed by atoms with Crippen LogP contribution in [-0.2, 0) is 9.59 Å². The molecular weight excluding hydrogens is 293 g/mol. The number of hydrogen-bond acceptors (Lipinski definition) is 4. The van der Waals surface area contributed by atoms with Gasteiger partial charge in [0.25, 0.3) is 0 Å². The smallest absolute Gasteiger partial charge is 0.326 e. The first-order valence-corrected chi connectivity index (χ1v) is 6.59. The van der Waals surface area contributed by atoms with Crippen LogP contribution in [-0.4, -0.2) is 47.5 Å². The van der Waals surface area contributed by atoms with E-state index in [4.69, 9.17) is 5.11 Å². The molecule has 0 saturated heterocycles. The Bertz CT molecular complexity index is 565. The summed E-state index contributed by atoms with van der Waals surface area (Å²) in [5, 5.41) is 12.9. The van der Waals surface area contributed by atoms with Crippen molar-refractivity contribution in [3.05, 3.63) is 30.1 Å². The Balaban J connectivity index is 2.51. The molecule has 0 saturated carbocycles. The van der Waals surface area contributed by atoms with Crippen LogP contribution in [0.3, 0.4) is 0 Å². The summed E-state index contributed by atoms with van der Waals surface area (Å²) in [7, 11) is 1.57. The fourth-order valence-electron chi connectivity index (χ4n) is 1.60. The summed E-state index contributed by atoms with van der Waals surface area (Å²) in [4.78, 5) is 35.5. The van der Waals surface area contributed by atoms with Crippen molar-refractivity contribution < 1.29 is 23.9 Å². The van der Waals surface area contributed by atoms with Crippen LogP contribution in [0.25, 0.3) is 0 Å². The predicted octanol–water partition coefficient (Wildman–Crippen LogP) is 1.27. The number of anilines is 1. The summed E-state index contributed by atoms with van der Waals surface area (Å²) in [6, 6.07) is 4.01. The standard InChI is InChI=1S/C14H18FN3O4/c1-9(18(2)8-7-12(19)20)13(21)17-14(22)16-11-6-4-3-5-10(11)15/h3-6,9H,7-8H2,1-2H3,(H,19,20)(H2,16,17,21,22). The fraction of sp³-hybridized carbons (Fsp3) is 0.357. The van der Waals surface area contributed by atoms with Crippen LogP contribution in [0.1, 0.15) is 13.3 Å². The number of urea groups is 1. The number of benzene rings is 1. The third-order valence-corrected chi connectivity index (χ3v) is 3.08. The number of carboxylic acid groups (broad SMARTS) is 1. The summed E-state index contributed by atoms with van der Waals surface area (Å²) < 4.78 is 13.4. The zero-order valence-corrected chi connectivity index (χ0v) is 12.3. The van der Waals surface area contributed by atoms with Crippen LogP contribution in [0, 0.1) is 5.82 Å². The van der Waals surface area contributed by atoms with Crippen molar-refractivity contribution in [2.45, 2.75) is 19.4 Å². The Morgan fingerprint density at radius 2 is 1.95 bits per heavy atom.